The molecule has 0 aliphatic carbocycles. The number of halogens is 6. The van der Waals surface area contributed by atoms with Crippen molar-refractivity contribution in [2.75, 3.05) is 13.2 Å². The zero-order chi connectivity index (χ0) is 26.0. The van der Waals surface area contributed by atoms with E-state index >= 15 is 0 Å². The highest BCUT2D eigenvalue weighted by Crippen LogP contribution is 2.22. The molecule has 1 heterocycles. The van der Waals surface area contributed by atoms with E-state index in [9.17, 15) is 26.3 Å². The average Bonchev–Trinajstić information content (AvgIpc) is 3.57. The van der Waals surface area contributed by atoms with Gasteiger partial charge in [-0.25, -0.2) is 26.3 Å². The third-order valence-electron chi connectivity index (χ3n) is 4.85. The second kappa shape index (κ2) is 14.3. The summed E-state index contributed by atoms with van der Waals surface area (Å²) in [4.78, 5) is 0. The van der Waals surface area contributed by atoms with E-state index < -0.39 is 47.0 Å². The molecule has 3 rings (SSSR count). The van der Waals surface area contributed by atoms with Crippen molar-refractivity contribution < 1.29 is 36.2 Å². The van der Waals surface area contributed by atoms with Gasteiger partial charge in [0.1, 0.15) is 0 Å². The van der Waals surface area contributed by atoms with Crippen molar-refractivity contribution in [2.45, 2.75) is 64.8 Å². The number of aliphatic hydroxyl groups is 1. The predicted molar refractivity (Wildman–Crippen MR) is 118 cm³/mol. The average molecular weight is 495 g/mol. The lowest BCUT2D eigenvalue weighted by Crippen LogP contribution is -2.28. The van der Waals surface area contributed by atoms with Crippen LogP contribution in [0.15, 0.2) is 24.3 Å². The van der Waals surface area contributed by atoms with E-state index in [0.29, 0.717) is 31.1 Å². The standard InChI is InChI=1S/C12H16F3NO.C9H10F3N.C3H6O/c1-3-11(16-6-7(2)17)8-4-9(13)12(15)10(14)5-8;1-2-8(13)5-3-6(10)9(12)7(11)4-5;1-3-2-4-3/h4-5,7,11,16-17H,3,6H2,1-2H3;3-4,8H,2,13H2,1H3;3H,2H2,1H3. The van der Waals surface area contributed by atoms with Gasteiger partial charge in [-0.3, -0.25) is 0 Å². The maximum absolute atomic E-state index is 13.0. The van der Waals surface area contributed by atoms with Gasteiger partial charge in [0.05, 0.1) is 18.8 Å². The van der Waals surface area contributed by atoms with Crippen LogP contribution in [0.2, 0.25) is 0 Å². The summed E-state index contributed by atoms with van der Waals surface area (Å²) in [5.41, 5.74) is 6.14. The molecule has 0 aromatic heterocycles. The monoisotopic (exact) mass is 494 g/mol. The molecule has 0 radical (unpaired) electrons. The third-order valence-corrected chi connectivity index (χ3v) is 4.85. The maximum Gasteiger partial charge on any atom is 0.194 e. The number of hydrogen-bond acceptors (Lipinski definition) is 4. The van der Waals surface area contributed by atoms with Crippen LogP contribution in [0.1, 0.15) is 63.7 Å². The highest BCUT2D eigenvalue weighted by Gasteiger charge is 2.16. The van der Waals surface area contributed by atoms with Crippen LogP contribution in [-0.2, 0) is 4.74 Å². The van der Waals surface area contributed by atoms with E-state index in [2.05, 4.69) is 12.2 Å². The number of ether oxygens (including phenoxy) is 1. The largest absolute Gasteiger partial charge is 0.392 e. The minimum atomic E-state index is -1.46. The van der Waals surface area contributed by atoms with E-state index in [1.165, 1.54) is 0 Å². The van der Waals surface area contributed by atoms with Crippen molar-refractivity contribution in [3.05, 3.63) is 70.3 Å². The van der Waals surface area contributed by atoms with E-state index in [4.69, 9.17) is 15.6 Å². The first kappa shape index (κ1) is 29.9. The zero-order valence-electron chi connectivity index (χ0n) is 19.6. The van der Waals surface area contributed by atoms with E-state index in [0.717, 1.165) is 30.9 Å². The minimum absolute atomic E-state index is 0.277. The molecule has 10 heteroatoms. The summed E-state index contributed by atoms with van der Waals surface area (Å²) in [6.07, 6.45) is 1.15. The van der Waals surface area contributed by atoms with Gasteiger partial charge in [0, 0.05) is 18.6 Å². The SMILES string of the molecule is CC1CO1.CCC(N)c1cc(F)c(F)c(F)c1.CCC(NCC(C)O)c1cc(F)c(F)c(F)c1. The number of benzene rings is 2. The fourth-order valence-electron chi connectivity index (χ4n) is 2.71. The van der Waals surface area contributed by atoms with Crippen molar-refractivity contribution >= 4 is 0 Å². The Balaban J connectivity index is 0.000000298. The highest BCUT2D eigenvalue weighted by atomic mass is 19.2. The lowest BCUT2D eigenvalue weighted by Gasteiger charge is -2.18. The van der Waals surface area contributed by atoms with Gasteiger partial charge >= 0.3 is 0 Å². The molecule has 2 aromatic carbocycles. The molecule has 1 aliphatic rings. The van der Waals surface area contributed by atoms with Gasteiger partial charge < -0.3 is 20.9 Å². The molecule has 192 valence electrons. The number of aliphatic hydroxyl groups excluding tert-OH is 1. The molecule has 1 aliphatic heterocycles. The van der Waals surface area contributed by atoms with Crippen molar-refractivity contribution in [3.8, 4) is 0 Å². The van der Waals surface area contributed by atoms with Crippen LogP contribution in [0, 0.1) is 34.9 Å². The van der Waals surface area contributed by atoms with Crippen molar-refractivity contribution in [3.63, 3.8) is 0 Å². The van der Waals surface area contributed by atoms with E-state index in [1.807, 2.05) is 6.92 Å². The Morgan fingerprint density at radius 3 is 1.59 bits per heavy atom. The van der Waals surface area contributed by atoms with Gasteiger partial charge in [-0.1, -0.05) is 13.8 Å². The molecule has 0 amide bonds. The number of epoxide rings is 1. The molecule has 4 atom stereocenters. The van der Waals surface area contributed by atoms with Crippen molar-refractivity contribution in [2.24, 2.45) is 5.73 Å². The van der Waals surface area contributed by atoms with Crippen LogP contribution in [0.4, 0.5) is 26.3 Å². The smallest absolute Gasteiger partial charge is 0.194 e. The van der Waals surface area contributed by atoms with Crippen LogP contribution >= 0.6 is 0 Å². The third kappa shape index (κ3) is 10.0. The zero-order valence-corrected chi connectivity index (χ0v) is 19.6. The Kier molecular flexibility index (Phi) is 12.6. The van der Waals surface area contributed by atoms with Gasteiger partial charge in [-0.05, 0) is 62.1 Å². The van der Waals surface area contributed by atoms with Gasteiger partial charge in [0.15, 0.2) is 34.9 Å². The second-order valence-corrected chi connectivity index (χ2v) is 7.97. The first-order valence-electron chi connectivity index (χ1n) is 11.0. The molecule has 0 spiro atoms. The summed E-state index contributed by atoms with van der Waals surface area (Å²) < 4.78 is 81.4. The summed E-state index contributed by atoms with van der Waals surface area (Å²) in [5.74, 6) is -7.70. The molecule has 0 saturated carbocycles. The Hall–Kier alpha value is -2.14. The molecule has 0 bridgehead atoms. The minimum Gasteiger partial charge on any atom is -0.392 e. The number of rotatable bonds is 7. The Bertz CT molecular complexity index is 863. The van der Waals surface area contributed by atoms with Crippen LogP contribution in [0.25, 0.3) is 0 Å². The maximum atomic E-state index is 13.0. The summed E-state index contributed by atoms with van der Waals surface area (Å²) >= 11 is 0. The Labute approximate surface area is 196 Å². The van der Waals surface area contributed by atoms with Gasteiger partial charge in [-0.15, -0.1) is 0 Å². The molecule has 2 aromatic rings. The van der Waals surface area contributed by atoms with Crippen molar-refractivity contribution in [1.29, 1.82) is 0 Å². The molecular weight excluding hydrogens is 462 g/mol. The van der Waals surface area contributed by atoms with E-state index in [-0.39, 0.29) is 11.6 Å². The molecule has 4 N–H and O–H groups in total. The molecular formula is C24H32F6N2O2. The van der Waals surface area contributed by atoms with Crippen LogP contribution < -0.4 is 11.1 Å². The first-order valence-corrected chi connectivity index (χ1v) is 11.0. The Morgan fingerprint density at radius 1 is 0.912 bits per heavy atom. The second-order valence-electron chi connectivity index (χ2n) is 7.97. The molecule has 4 nitrogen and oxygen atoms in total. The normalized spacial score (nSPS) is 17.0. The lowest BCUT2D eigenvalue weighted by molar-refractivity contribution is 0.185. The summed E-state index contributed by atoms with van der Waals surface area (Å²) in [7, 11) is 0. The van der Waals surface area contributed by atoms with Crippen LogP contribution in [0.5, 0.6) is 0 Å². The topological polar surface area (TPSA) is 70.8 Å². The number of hydrogen-bond donors (Lipinski definition) is 3. The predicted octanol–water partition coefficient (Wildman–Crippen LogP) is 5.44. The summed E-state index contributed by atoms with van der Waals surface area (Å²) in [6, 6.07) is 3.03. The van der Waals surface area contributed by atoms with E-state index in [1.54, 1.807) is 13.8 Å². The highest BCUT2D eigenvalue weighted by molar-refractivity contribution is 5.23. The van der Waals surface area contributed by atoms with Crippen molar-refractivity contribution in [1.82, 2.24) is 5.32 Å². The summed E-state index contributed by atoms with van der Waals surface area (Å²) in [6.45, 7) is 8.56. The quantitative estimate of drug-likeness (QED) is 0.272. The molecule has 34 heavy (non-hydrogen) atoms. The van der Waals surface area contributed by atoms with Crippen LogP contribution in [0.3, 0.4) is 0 Å². The lowest BCUT2D eigenvalue weighted by atomic mass is 10.0. The van der Waals surface area contributed by atoms with Gasteiger partial charge in [-0.2, -0.15) is 0 Å². The fraction of sp³-hybridized carbons (Fsp3) is 0.500. The molecule has 1 fully saturated rings. The first-order chi connectivity index (χ1) is 15.9. The van der Waals surface area contributed by atoms with Gasteiger partial charge in [0.2, 0.25) is 0 Å². The molecule has 4 unspecified atom stereocenters. The van der Waals surface area contributed by atoms with Crippen LogP contribution in [-0.4, -0.2) is 30.5 Å². The Morgan fingerprint density at radius 2 is 1.29 bits per heavy atom. The van der Waals surface area contributed by atoms with Gasteiger partial charge in [0.25, 0.3) is 0 Å². The number of nitrogens with two attached hydrogens (primary N) is 1. The number of nitrogens with one attached hydrogen (secondary N) is 1. The molecule has 1 saturated heterocycles. The summed E-state index contributed by atoms with van der Waals surface area (Å²) in [5, 5.41) is 12.1. The fourth-order valence-corrected chi connectivity index (χ4v) is 2.71.